The lowest BCUT2D eigenvalue weighted by Gasteiger charge is -2.08. The van der Waals surface area contributed by atoms with E-state index in [1.165, 1.54) is 30.3 Å². The van der Waals surface area contributed by atoms with E-state index in [2.05, 4.69) is 0 Å². The van der Waals surface area contributed by atoms with Crippen LogP contribution in [0.1, 0.15) is 21.5 Å². The second kappa shape index (κ2) is 7.86. The number of halogens is 3. The monoisotopic (exact) mass is 363 g/mol. The lowest BCUT2D eigenvalue weighted by molar-refractivity contribution is -0.167. The molecule has 0 atom stereocenters. The highest BCUT2D eigenvalue weighted by Gasteiger charge is 2.38. The standard InChI is InChI=1S/C19H16F3NO3/c1-12-11-13(4-10-17(12)26-2)3-9-16(24)14-5-7-15(8-6-14)23-18(25)19(20,21)22/h3-11H,1-2H3,(H,23,25)/b9-3+. The molecule has 26 heavy (non-hydrogen) atoms. The molecule has 0 radical (unpaired) electrons. The SMILES string of the molecule is COc1ccc(/C=C/C(=O)c2ccc(NC(=O)C(F)(F)F)cc2)cc1C. The fraction of sp³-hybridized carbons (Fsp3) is 0.158. The van der Waals surface area contributed by atoms with E-state index in [1.54, 1.807) is 30.6 Å². The largest absolute Gasteiger partial charge is 0.496 e. The molecule has 4 nitrogen and oxygen atoms in total. The molecule has 0 spiro atoms. The van der Waals surface area contributed by atoms with E-state index >= 15 is 0 Å². The molecular formula is C19H16F3NO3. The Morgan fingerprint density at radius 1 is 1.08 bits per heavy atom. The molecule has 136 valence electrons. The lowest BCUT2D eigenvalue weighted by atomic mass is 10.1. The summed E-state index contributed by atoms with van der Waals surface area (Å²) in [5.74, 6) is -1.64. The summed E-state index contributed by atoms with van der Waals surface area (Å²) in [7, 11) is 1.57. The minimum Gasteiger partial charge on any atom is -0.496 e. The van der Waals surface area contributed by atoms with Gasteiger partial charge in [-0.2, -0.15) is 13.2 Å². The van der Waals surface area contributed by atoms with Crippen LogP contribution < -0.4 is 10.1 Å². The highest BCUT2D eigenvalue weighted by atomic mass is 19.4. The van der Waals surface area contributed by atoms with Gasteiger partial charge in [-0.3, -0.25) is 9.59 Å². The molecule has 0 aliphatic rings. The van der Waals surface area contributed by atoms with E-state index in [4.69, 9.17) is 4.74 Å². The third-order valence-electron chi connectivity index (χ3n) is 3.53. The van der Waals surface area contributed by atoms with Crippen LogP contribution in [-0.2, 0) is 4.79 Å². The summed E-state index contributed by atoms with van der Waals surface area (Å²) in [6.45, 7) is 1.88. The molecule has 0 unspecified atom stereocenters. The van der Waals surface area contributed by atoms with Gasteiger partial charge in [-0.25, -0.2) is 0 Å². The Morgan fingerprint density at radius 2 is 1.73 bits per heavy atom. The maximum absolute atomic E-state index is 12.2. The van der Waals surface area contributed by atoms with Crippen molar-refractivity contribution in [1.29, 1.82) is 0 Å². The number of ketones is 1. The molecule has 2 aromatic carbocycles. The van der Waals surface area contributed by atoms with Crippen molar-refractivity contribution in [3.63, 3.8) is 0 Å². The average molecular weight is 363 g/mol. The summed E-state index contributed by atoms with van der Waals surface area (Å²) in [5, 5.41) is 1.72. The molecule has 7 heteroatoms. The lowest BCUT2D eigenvalue weighted by Crippen LogP contribution is -2.29. The first kappa shape index (κ1) is 19.2. The van der Waals surface area contributed by atoms with Crippen molar-refractivity contribution in [1.82, 2.24) is 0 Å². The van der Waals surface area contributed by atoms with Crippen LogP contribution in [0.3, 0.4) is 0 Å². The Kier molecular flexibility index (Phi) is 5.82. The van der Waals surface area contributed by atoms with E-state index in [-0.39, 0.29) is 17.0 Å². The summed E-state index contributed by atoms with van der Waals surface area (Å²) in [5.41, 5.74) is 1.98. The van der Waals surface area contributed by atoms with Gasteiger partial charge >= 0.3 is 12.1 Å². The van der Waals surface area contributed by atoms with Gasteiger partial charge in [0.15, 0.2) is 5.78 Å². The molecule has 0 bridgehead atoms. The molecule has 0 saturated heterocycles. The number of hydrogen-bond donors (Lipinski definition) is 1. The number of anilines is 1. The number of ether oxygens (including phenoxy) is 1. The van der Waals surface area contributed by atoms with Crippen molar-refractivity contribution < 1.29 is 27.5 Å². The first-order valence-corrected chi connectivity index (χ1v) is 7.56. The van der Waals surface area contributed by atoms with Gasteiger partial charge in [-0.15, -0.1) is 0 Å². The molecule has 0 fully saturated rings. The summed E-state index contributed by atoms with van der Waals surface area (Å²) in [6.07, 6.45) is -1.97. The Morgan fingerprint density at radius 3 is 2.27 bits per heavy atom. The van der Waals surface area contributed by atoms with Crippen LogP contribution in [0.2, 0.25) is 0 Å². The highest BCUT2D eigenvalue weighted by molar-refractivity contribution is 6.07. The predicted octanol–water partition coefficient (Wildman–Crippen LogP) is 4.40. The molecule has 0 saturated carbocycles. The number of rotatable bonds is 5. The van der Waals surface area contributed by atoms with Crippen LogP contribution in [0.15, 0.2) is 48.5 Å². The number of hydrogen-bond acceptors (Lipinski definition) is 3. The van der Waals surface area contributed by atoms with Crippen LogP contribution >= 0.6 is 0 Å². The topological polar surface area (TPSA) is 55.4 Å². The van der Waals surface area contributed by atoms with E-state index in [9.17, 15) is 22.8 Å². The number of aryl methyl sites for hydroxylation is 1. The number of methoxy groups -OCH3 is 1. The van der Waals surface area contributed by atoms with Crippen LogP contribution in [0.5, 0.6) is 5.75 Å². The van der Waals surface area contributed by atoms with Gasteiger partial charge in [0.25, 0.3) is 0 Å². The summed E-state index contributed by atoms with van der Waals surface area (Å²) >= 11 is 0. The molecule has 1 N–H and O–H groups in total. The van der Waals surface area contributed by atoms with Gasteiger partial charge in [0.1, 0.15) is 5.75 Å². The molecule has 0 aromatic heterocycles. The number of alkyl halides is 3. The number of nitrogens with one attached hydrogen (secondary N) is 1. The maximum Gasteiger partial charge on any atom is 0.471 e. The predicted molar refractivity (Wildman–Crippen MR) is 92.2 cm³/mol. The van der Waals surface area contributed by atoms with E-state index in [1.807, 2.05) is 13.0 Å². The molecular weight excluding hydrogens is 347 g/mol. The molecule has 0 aliphatic carbocycles. The molecule has 1 amide bonds. The first-order chi connectivity index (χ1) is 12.2. The number of carbonyl (C=O) groups is 2. The Balaban J connectivity index is 2.06. The van der Waals surface area contributed by atoms with Crippen LogP contribution in [0.25, 0.3) is 6.08 Å². The van der Waals surface area contributed by atoms with Crippen molar-refractivity contribution in [3.05, 3.63) is 65.2 Å². The zero-order chi connectivity index (χ0) is 19.3. The summed E-state index contributed by atoms with van der Waals surface area (Å²) in [4.78, 5) is 23.0. The third kappa shape index (κ3) is 4.95. The van der Waals surface area contributed by atoms with E-state index in [0.29, 0.717) is 0 Å². The Labute approximate surface area is 148 Å². The van der Waals surface area contributed by atoms with Crippen molar-refractivity contribution in [2.24, 2.45) is 0 Å². The van der Waals surface area contributed by atoms with Crippen LogP contribution in [-0.4, -0.2) is 25.0 Å². The van der Waals surface area contributed by atoms with Crippen molar-refractivity contribution in [2.45, 2.75) is 13.1 Å². The number of benzene rings is 2. The van der Waals surface area contributed by atoms with Crippen LogP contribution in [0.4, 0.5) is 18.9 Å². The summed E-state index contributed by atoms with van der Waals surface area (Å²) < 4.78 is 41.8. The van der Waals surface area contributed by atoms with Crippen LogP contribution in [0, 0.1) is 6.92 Å². The summed E-state index contributed by atoms with van der Waals surface area (Å²) in [6, 6.07) is 10.6. The van der Waals surface area contributed by atoms with Crippen molar-refractivity contribution in [2.75, 3.05) is 12.4 Å². The smallest absolute Gasteiger partial charge is 0.471 e. The van der Waals surface area contributed by atoms with Gasteiger partial charge in [0, 0.05) is 11.3 Å². The second-order valence-electron chi connectivity index (χ2n) is 5.46. The van der Waals surface area contributed by atoms with Gasteiger partial charge in [0.05, 0.1) is 7.11 Å². The Bertz CT molecular complexity index is 840. The Hall–Kier alpha value is -3.09. The molecule has 2 rings (SSSR count). The number of amides is 1. The van der Waals surface area contributed by atoms with Crippen molar-refractivity contribution in [3.8, 4) is 5.75 Å². The zero-order valence-corrected chi connectivity index (χ0v) is 14.1. The van der Waals surface area contributed by atoms with Crippen molar-refractivity contribution >= 4 is 23.5 Å². The average Bonchev–Trinajstić information content (AvgIpc) is 2.59. The normalized spacial score (nSPS) is 11.4. The van der Waals surface area contributed by atoms with E-state index < -0.39 is 12.1 Å². The zero-order valence-electron chi connectivity index (χ0n) is 14.1. The minimum atomic E-state index is -4.96. The third-order valence-corrected chi connectivity index (χ3v) is 3.53. The molecule has 2 aromatic rings. The quantitative estimate of drug-likeness (QED) is 0.633. The van der Waals surface area contributed by atoms with Gasteiger partial charge < -0.3 is 10.1 Å². The molecule has 0 aliphatic heterocycles. The minimum absolute atomic E-state index is 0.0429. The maximum atomic E-state index is 12.2. The number of carbonyl (C=O) groups excluding carboxylic acids is 2. The molecule has 0 heterocycles. The fourth-order valence-electron chi connectivity index (χ4n) is 2.19. The number of allylic oxidation sites excluding steroid dienone is 1. The first-order valence-electron chi connectivity index (χ1n) is 7.56. The van der Waals surface area contributed by atoms with Gasteiger partial charge in [-0.05, 0) is 60.5 Å². The highest BCUT2D eigenvalue weighted by Crippen LogP contribution is 2.20. The second-order valence-corrected chi connectivity index (χ2v) is 5.46. The van der Waals surface area contributed by atoms with Gasteiger partial charge in [-0.1, -0.05) is 12.1 Å². The van der Waals surface area contributed by atoms with Gasteiger partial charge in [0.2, 0.25) is 0 Å². The van der Waals surface area contributed by atoms with E-state index in [0.717, 1.165) is 16.9 Å². The fourth-order valence-corrected chi connectivity index (χ4v) is 2.19.